The molecule has 102 valence electrons. The van der Waals surface area contributed by atoms with Crippen LogP contribution in [0.2, 0.25) is 0 Å². The summed E-state index contributed by atoms with van der Waals surface area (Å²) >= 11 is 0. The van der Waals surface area contributed by atoms with Gasteiger partial charge in [-0.25, -0.2) is 0 Å². The first kappa shape index (κ1) is 14.2. The van der Waals surface area contributed by atoms with Crippen LogP contribution in [0, 0.1) is 13.8 Å². The van der Waals surface area contributed by atoms with Gasteiger partial charge in [-0.15, -0.1) is 0 Å². The third-order valence-corrected chi connectivity index (χ3v) is 8.38. The van der Waals surface area contributed by atoms with Crippen molar-refractivity contribution in [1.82, 2.24) is 0 Å². The monoisotopic (exact) mass is 274 g/mol. The van der Waals surface area contributed by atoms with Gasteiger partial charge in [0.05, 0.1) is 0 Å². The Kier molecular flexibility index (Phi) is 4.08. The molecule has 2 aromatic carbocycles. The molecule has 0 spiro atoms. The van der Waals surface area contributed by atoms with Crippen LogP contribution in [0.15, 0.2) is 48.5 Å². The van der Waals surface area contributed by atoms with Crippen LogP contribution in [0.25, 0.3) is 0 Å². The maximum absolute atomic E-state index is 11.5. The van der Waals surface area contributed by atoms with E-state index < -0.39 is 7.49 Å². The van der Waals surface area contributed by atoms with E-state index >= 15 is 0 Å². The number of rotatable bonds is 3. The van der Waals surface area contributed by atoms with Gasteiger partial charge in [0.15, 0.2) is 0 Å². The Morgan fingerprint density at radius 2 is 1.16 bits per heavy atom. The molecule has 0 radical (unpaired) electrons. The molecule has 1 nitrogen and oxygen atoms in total. The van der Waals surface area contributed by atoms with Crippen molar-refractivity contribution in [3.05, 3.63) is 59.7 Å². The van der Waals surface area contributed by atoms with Crippen LogP contribution < -0.4 is 10.6 Å². The van der Waals surface area contributed by atoms with E-state index in [0.29, 0.717) is 0 Å². The van der Waals surface area contributed by atoms with Crippen molar-refractivity contribution in [3.8, 4) is 0 Å². The summed E-state index contributed by atoms with van der Waals surface area (Å²) in [5.74, 6) is 0. The van der Waals surface area contributed by atoms with E-state index in [0.717, 1.165) is 10.6 Å². The van der Waals surface area contributed by atoms with Crippen molar-refractivity contribution in [3.63, 3.8) is 0 Å². The van der Waals surface area contributed by atoms with Gasteiger partial charge in [-0.05, 0) is 0 Å². The molecule has 0 aromatic heterocycles. The second-order valence-electron chi connectivity index (χ2n) is 5.55. The van der Waals surface area contributed by atoms with Crippen LogP contribution in [-0.4, -0.2) is 10.6 Å². The summed E-state index contributed by atoms with van der Waals surface area (Å²) < 4.78 is 0. The minimum atomic E-state index is -2.67. The molecule has 0 saturated carbocycles. The molecule has 0 aliphatic rings. The normalized spacial score (nSPS) is 12.7. The molecule has 0 atom stereocenters. The van der Waals surface area contributed by atoms with E-state index in [2.05, 4.69) is 52.0 Å². The third kappa shape index (κ3) is 2.45. The quantitative estimate of drug-likeness (QED) is 0.851. The molecule has 0 aliphatic carbocycles. The minimum absolute atomic E-state index is 0.245. The van der Waals surface area contributed by atoms with Crippen LogP contribution >= 0.6 is 7.49 Å². The fourth-order valence-corrected chi connectivity index (χ4v) is 6.37. The van der Waals surface area contributed by atoms with Gasteiger partial charge >= 0.3 is 116 Å². The zero-order valence-electron chi connectivity index (χ0n) is 12.1. The molecule has 2 rings (SSSR count). The first-order chi connectivity index (χ1) is 8.98. The van der Waals surface area contributed by atoms with Crippen molar-refractivity contribution in [2.24, 2.45) is 0 Å². The predicted octanol–water partition coefficient (Wildman–Crippen LogP) is 3.32. The SMILES string of the molecule is Cc1ccccc1[PH](O)(c1ccccc1C)C(C)C. The molecule has 0 saturated heterocycles. The van der Waals surface area contributed by atoms with E-state index in [4.69, 9.17) is 0 Å². The molecule has 0 amide bonds. The summed E-state index contributed by atoms with van der Waals surface area (Å²) in [4.78, 5) is 11.5. The average Bonchev–Trinajstić information content (AvgIpc) is 2.38. The zero-order valence-corrected chi connectivity index (χ0v) is 13.1. The fraction of sp³-hybridized carbons (Fsp3) is 0.294. The summed E-state index contributed by atoms with van der Waals surface area (Å²) in [5, 5.41) is 2.28. The van der Waals surface area contributed by atoms with Crippen LogP contribution in [0.5, 0.6) is 0 Å². The van der Waals surface area contributed by atoms with Crippen LogP contribution in [0.4, 0.5) is 0 Å². The molecule has 2 aromatic rings. The molecule has 1 N–H and O–H groups in total. The van der Waals surface area contributed by atoms with E-state index in [9.17, 15) is 4.89 Å². The predicted molar refractivity (Wildman–Crippen MR) is 87.3 cm³/mol. The molecule has 0 unspecified atom stereocenters. The molecule has 0 aliphatic heterocycles. The molecular formula is C17H23OP. The molecule has 0 fully saturated rings. The summed E-state index contributed by atoms with van der Waals surface area (Å²) in [5.41, 5.74) is 2.62. The Bertz CT molecular complexity index is 529. The van der Waals surface area contributed by atoms with Crippen LogP contribution in [0.3, 0.4) is 0 Å². The summed E-state index contributed by atoms with van der Waals surface area (Å²) in [6.07, 6.45) is 0. The summed E-state index contributed by atoms with van der Waals surface area (Å²) in [6, 6.07) is 16.5. The van der Waals surface area contributed by atoms with Crippen molar-refractivity contribution in [2.75, 3.05) is 0 Å². The summed E-state index contributed by atoms with van der Waals surface area (Å²) in [6.45, 7) is 8.44. The fourth-order valence-electron chi connectivity index (χ4n) is 2.77. The van der Waals surface area contributed by atoms with Crippen molar-refractivity contribution >= 4 is 18.1 Å². The van der Waals surface area contributed by atoms with Gasteiger partial charge in [-0.2, -0.15) is 0 Å². The Morgan fingerprint density at radius 3 is 1.47 bits per heavy atom. The Balaban J connectivity index is 2.70. The topological polar surface area (TPSA) is 20.2 Å². The van der Waals surface area contributed by atoms with Gasteiger partial charge in [0.25, 0.3) is 0 Å². The van der Waals surface area contributed by atoms with Crippen molar-refractivity contribution < 1.29 is 4.89 Å². The first-order valence-electron chi connectivity index (χ1n) is 6.82. The van der Waals surface area contributed by atoms with Crippen molar-refractivity contribution in [1.29, 1.82) is 0 Å². The Hall–Kier alpha value is -1.17. The second-order valence-corrected chi connectivity index (χ2v) is 9.32. The first-order valence-corrected chi connectivity index (χ1v) is 8.85. The molecular weight excluding hydrogens is 251 g/mol. The van der Waals surface area contributed by atoms with Gasteiger partial charge in [0.2, 0.25) is 0 Å². The molecule has 19 heavy (non-hydrogen) atoms. The third-order valence-electron chi connectivity index (χ3n) is 3.95. The Labute approximate surface area is 116 Å². The standard InChI is InChI=1S/C17H23OP/c1-13(2)19(18,16-11-7-5-9-14(16)3)17-12-8-6-10-15(17)4/h5-13,18-19H,1-4H3. The van der Waals surface area contributed by atoms with E-state index in [1.165, 1.54) is 11.1 Å². The average molecular weight is 274 g/mol. The van der Waals surface area contributed by atoms with Gasteiger partial charge < -0.3 is 0 Å². The van der Waals surface area contributed by atoms with Gasteiger partial charge in [-0.3, -0.25) is 0 Å². The second kappa shape index (κ2) is 5.45. The van der Waals surface area contributed by atoms with E-state index in [1.54, 1.807) is 0 Å². The van der Waals surface area contributed by atoms with Crippen molar-refractivity contribution in [2.45, 2.75) is 33.4 Å². The molecule has 0 heterocycles. The number of benzene rings is 2. The number of hydrogen-bond acceptors (Lipinski definition) is 1. The maximum atomic E-state index is 11.5. The van der Waals surface area contributed by atoms with E-state index in [1.807, 2.05) is 24.3 Å². The van der Waals surface area contributed by atoms with Crippen LogP contribution in [0.1, 0.15) is 25.0 Å². The van der Waals surface area contributed by atoms with Crippen LogP contribution in [-0.2, 0) is 0 Å². The number of aryl methyl sites for hydroxylation is 2. The number of hydrogen-bond donors (Lipinski definition) is 1. The van der Waals surface area contributed by atoms with Gasteiger partial charge in [0, 0.05) is 0 Å². The zero-order chi connectivity index (χ0) is 14.0. The molecule has 2 heteroatoms. The van der Waals surface area contributed by atoms with Gasteiger partial charge in [0.1, 0.15) is 0 Å². The van der Waals surface area contributed by atoms with E-state index in [-0.39, 0.29) is 5.66 Å². The Morgan fingerprint density at radius 1 is 0.789 bits per heavy atom. The molecule has 0 bridgehead atoms. The summed E-state index contributed by atoms with van der Waals surface area (Å²) in [7, 11) is -2.67. The van der Waals surface area contributed by atoms with Gasteiger partial charge in [-0.1, -0.05) is 0 Å².